The molecule has 0 aromatic heterocycles. The van der Waals surface area contributed by atoms with Gasteiger partial charge in [-0.1, -0.05) is 30.3 Å². The van der Waals surface area contributed by atoms with E-state index in [2.05, 4.69) is 4.74 Å². The van der Waals surface area contributed by atoms with Crippen LogP contribution in [0.5, 0.6) is 0 Å². The van der Waals surface area contributed by atoms with Crippen molar-refractivity contribution >= 4 is 18.4 Å². The molecule has 0 radical (unpaired) electrons. The summed E-state index contributed by atoms with van der Waals surface area (Å²) in [7, 11) is 1.33. The van der Waals surface area contributed by atoms with Crippen LogP contribution in [0.2, 0.25) is 0 Å². The number of hydrogen-bond donors (Lipinski definition) is 1. The lowest BCUT2D eigenvalue weighted by atomic mass is 9.94. The highest BCUT2D eigenvalue weighted by atomic mass is 35.5. The van der Waals surface area contributed by atoms with Gasteiger partial charge < -0.3 is 10.5 Å². The van der Waals surface area contributed by atoms with Gasteiger partial charge in [-0.05, 0) is 12.5 Å². The van der Waals surface area contributed by atoms with Gasteiger partial charge in [0.15, 0.2) is 0 Å². The molecule has 78 valence electrons. The molecule has 0 saturated heterocycles. The van der Waals surface area contributed by atoms with E-state index >= 15 is 0 Å². The van der Waals surface area contributed by atoms with Gasteiger partial charge in [0.25, 0.3) is 0 Å². The van der Waals surface area contributed by atoms with Gasteiger partial charge in [0.2, 0.25) is 0 Å². The summed E-state index contributed by atoms with van der Waals surface area (Å²) in [4.78, 5) is 11.3. The molecule has 4 heteroatoms. The van der Waals surface area contributed by atoms with E-state index in [-0.39, 0.29) is 12.4 Å². The highest BCUT2D eigenvalue weighted by Gasteiger charge is 2.31. The van der Waals surface area contributed by atoms with Crippen molar-refractivity contribution in [3.05, 3.63) is 35.9 Å². The van der Waals surface area contributed by atoms with Crippen LogP contribution in [0.3, 0.4) is 0 Å². The molecule has 0 heterocycles. The minimum Gasteiger partial charge on any atom is -0.467 e. The fourth-order valence-electron chi connectivity index (χ4n) is 1.11. The van der Waals surface area contributed by atoms with Crippen LogP contribution in [0, 0.1) is 0 Å². The second-order valence-electron chi connectivity index (χ2n) is 3.06. The highest BCUT2D eigenvalue weighted by Crippen LogP contribution is 2.18. The topological polar surface area (TPSA) is 52.3 Å². The molecular formula is C10H14ClNO2. The SMILES string of the molecule is COC(=O)[C@](C)(N)c1ccccc1.Cl. The molecule has 0 aliphatic carbocycles. The summed E-state index contributed by atoms with van der Waals surface area (Å²) in [6.45, 7) is 1.63. The van der Waals surface area contributed by atoms with Crippen LogP contribution in [0.15, 0.2) is 30.3 Å². The van der Waals surface area contributed by atoms with E-state index in [4.69, 9.17) is 5.73 Å². The monoisotopic (exact) mass is 215 g/mol. The first-order valence-electron chi connectivity index (χ1n) is 4.02. The quantitative estimate of drug-likeness (QED) is 0.760. The molecule has 0 bridgehead atoms. The maximum atomic E-state index is 11.3. The Labute approximate surface area is 89.7 Å². The number of hydrogen-bond acceptors (Lipinski definition) is 3. The lowest BCUT2D eigenvalue weighted by Gasteiger charge is -2.21. The normalized spacial score (nSPS) is 13.6. The fourth-order valence-corrected chi connectivity index (χ4v) is 1.11. The Bertz CT molecular complexity index is 298. The summed E-state index contributed by atoms with van der Waals surface area (Å²) in [5.41, 5.74) is 5.51. The number of halogens is 1. The van der Waals surface area contributed by atoms with Crippen molar-refractivity contribution in [3.63, 3.8) is 0 Å². The van der Waals surface area contributed by atoms with Crippen molar-refractivity contribution in [1.82, 2.24) is 0 Å². The van der Waals surface area contributed by atoms with Crippen molar-refractivity contribution in [2.45, 2.75) is 12.5 Å². The molecule has 0 amide bonds. The van der Waals surface area contributed by atoms with Crippen LogP contribution in [0.1, 0.15) is 12.5 Å². The average molecular weight is 216 g/mol. The van der Waals surface area contributed by atoms with Gasteiger partial charge in [-0.2, -0.15) is 0 Å². The number of ether oxygens (including phenoxy) is 1. The number of carbonyl (C=O) groups excluding carboxylic acids is 1. The van der Waals surface area contributed by atoms with E-state index in [0.29, 0.717) is 0 Å². The van der Waals surface area contributed by atoms with Gasteiger partial charge in [-0.3, -0.25) is 0 Å². The number of rotatable bonds is 2. The Morgan fingerprint density at radius 1 is 1.36 bits per heavy atom. The van der Waals surface area contributed by atoms with Gasteiger partial charge in [-0.15, -0.1) is 12.4 Å². The maximum Gasteiger partial charge on any atom is 0.330 e. The number of carbonyl (C=O) groups is 1. The van der Waals surface area contributed by atoms with Gasteiger partial charge >= 0.3 is 5.97 Å². The van der Waals surface area contributed by atoms with E-state index < -0.39 is 11.5 Å². The van der Waals surface area contributed by atoms with E-state index in [0.717, 1.165) is 5.56 Å². The largest absolute Gasteiger partial charge is 0.467 e. The van der Waals surface area contributed by atoms with E-state index in [1.54, 1.807) is 19.1 Å². The first kappa shape index (κ1) is 12.9. The third kappa shape index (κ3) is 2.47. The lowest BCUT2D eigenvalue weighted by Crippen LogP contribution is -2.42. The molecule has 1 aromatic rings. The van der Waals surface area contributed by atoms with Crippen LogP contribution >= 0.6 is 12.4 Å². The third-order valence-electron chi connectivity index (χ3n) is 1.98. The maximum absolute atomic E-state index is 11.3. The molecule has 1 aromatic carbocycles. The number of nitrogens with two attached hydrogens (primary N) is 1. The summed E-state index contributed by atoms with van der Waals surface area (Å²) in [6.07, 6.45) is 0. The molecule has 0 aliphatic heterocycles. The summed E-state index contributed by atoms with van der Waals surface area (Å²) >= 11 is 0. The van der Waals surface area contributed by atoms with Crippen molar-refractivity contribution in [2.24, 2.45) is 5.73 Å². The highest BCUT2D eigenvalue weighted by molar-refractivity contribution is 5.85. The summed E-state index contributed by atoms with van der Waals surface area (Å²) < 4.78 is 4.61. The molecule has 14 heavy (non-hydrogen) atoms. The number of benzene rings is 1. The Kier molecular flexibility index (Phi) is 4.60. The van der Waals surface area contributed by atoms with Gasteiger partial charge in [-0.25, -0.2) is 4.79 Å². The van der Waals surface area contributed by atoms with E-state index in [1.807, 2.05) is 18.2 Å². The van der Waals surface area contributed by atoms with Gasteiger partial charge in [0.05, 0.1) is 7.11 Å². The first-order valence-corrected chi connectivity index (χ1v) is 4.02. The second kappa shape index (κ2) is 4.98. The van der Waals surface area contributed by atoms with Crippen LogP contribution in [0.25, 0.3) is 0 Å². The molecule has 2 N–H and O–H groups in total. The molecule has 0 saturated carbocycles. The molecule has 0 spiro atoms. The Morgan fingerprint density at radius 2 is 1.86 bits per heavy atom. The zero-order valence-corrected chi connectivity index (χ0v) is 9.01. The van der Waals surface area contributed by atoms with E-state index in [1.165, 1.54) is 7.11 Å². The molecule has 3 nitrogen and oxygen atoms in total. The van der Waals surface area contributed by atoms with Crippen molar-refractivity contribution in [1.29, 1.82) is 0 Å². The smallest absolute Gasteiger partial charge is 0.330 e. The Balaban J connectivity index is 0.00000169. The van der Waals surface area contributed by atoms with Crippen LogP contribution in [0.4, 0.5) is 0 Å². The Hall–Kier alpha value is -1.06. The first-order chi connectivity index (χ1) is 6.09. The summed E-state index contributed by atoms with van der Waals surface area (Å²) in [5.74, 6) is -0.432. The predicted octanol–water partition coefficient (Wildman–Crippen LogP) is 1.46. The zero-order chi connectivity index (χ0) is 9.90. The fraction of sp³-hybridized carbons (Fsp3) is 0.300. The lowest BCUT2D eigenvalue weighted by molar-refractivity contribution is -0.146. The van der Waals surface area contributed by atoms with Crippen LogP contribution in [-0.4, -0.2) is 13.1 Å². The molecule has 1 rings (SSSR count). The van der Waals surface area contributed by atoms with Crippen LogP contribution < -0.4 is 5.73 Å². The van der Waals surface area contributed by atoms with Crippen molar-refractivity contribution in [3.8, 4) is 0 Å². The molecule has 0 aliphatic rings. The van der Waals surface area contributed by atoms with Gasteiger partial charge in [0, 0.05) is 0 Å². The molecule has 0 unspecified atom stereocenters. The summed E-state index contributed by atoms with van der Waals surface area (Å²) in [6, 6.07) is 9.15. The van der Waals surface area contributed by atoms with Crippen LogP contribution in [-0.2, 0) is 15.1 Å². The molecular weight excluding hydrogens is 202 g/mol. The number of esters is 1. The van der Waals surface area contributed by atoms with Gasteiger partial charge in [0.1, 0.15) is 5.54 Å². The zero-order valence-electron chi connectivity index (χ0n) is 8.19. The summed E-state index contributed by atoms with van der Waals surface area (Å²) in [5, 5.41) is 0. The second-order valence-corrected chi connectivity index (χ2v) is 3.06. The van der Waals surface area contributed by atoms with Crippen molar-refractivity contribution in [2.75, 3.05) is 7.11 Å². The molecule has 0 fully saturated rings. The van der Waals surface area contributed by atoms with E-state index in [9.17, 15) is 4.79 Å². The standard InChI is InChI=1S/C10H13NO2.ClH/c1-10(11,9(12)13-2)8-6-4-3-5-7-8;/h3-7H,11H2,1-2H3;1H/t10-;/m1./s1. The third-order valence-corrected chi connectivity index (χ3v) is 1.98. The number of methoxy groups -OCH3 is 1. The average Bonchev–Trinajstić information content (AvgIpc) is 2.18. The minimum absolute atomic E-state index is 0. The predicted molar refractivity (Wildman–Crippen MR) is 57.2 cm³/mol. The van der Waals surface area contributed by atoms with Crippen molar-refractivity contribution < 1.29 is 9.53 Å². The minimum atomic E-state index is -1.06. The molecule has 1 atom stereocenters. The Morgan fingerprint density at radius 3 is 2.29 bits per heavy atom.